The maximum Gasteiger partial charge on any atom is 0.228 e. The Bertz CT molecular complexity index is 1930. The summed E-state index contributed by atoms with van der Waals surface area (Å²) in [4.78, 5) is 34.4. The Hall–Kier alpha value is -5.16. The fourth-order valence-electron chi connectivity index (χ4n) is 4.85. The van der Waals surface area contributed by atoms with Crippen molar-refractivity contribution in [3.05, 3.63) is 101 Å². The second kappa shape index (κ2) is 11.5. The van der Waals surface area contributed by atoms with Gasteiger partial charge < -0.3 is 25.0 Å². The fraction of sp³-hybridized carbons (Fsp3) is 0.212. The number of hydrogen-bond acceptors (Lipinski definition) is 7. The van der Waals surface area contributed by atoms with Crippen LogP contribution >= 0.6 is 0 Å². The lowest BCUT2D eigenvalue weighted by molar-refractivity contribution is -0.117. The number of halogens is 2. The maximum absolute atomic E-state index is 15.2. The van der Waals surface area contributed by atoms with Crippen LogP contribution in [0, 0.1) is 17.6 Å². The Balaban J connectivity index is 1.32. The van der Waals surface area contributed by atoms with Gasteiger partial charge in [0.25, 0.3) is 0 Å². The van der Waals surface area contributed by atoms with Crippen LogP contribution in [0.25, 0.3) is 22.0 Å². The average molecular weight is 598 g/mol. The average Bonchev–Trinajstić information content (AvgIpc) is 3.82. The molecular formula is C33H29F2N5O4. The van der Waals surface area contributed by atoms with Gasteiger partial charge in [0.2, 0.25) is 11.3 Å². The third-order valence-corrected chi connectivity index (χ3v) is 7.06. The highest BCUT2D eigenvalue weighted by atomic mass is 19.1. The summed E-state index contributed by atoms with van der Waals surface area (Å²) in [7, 11) is 0. The number of anilines is 3. The number of carbonyl (C=O) groups is 1. The van der Waals surface area contributed by atoms with E-state index >= 15 is 4.39 Å². The second-order valence-electron chi connectivity index (χ2n) is 11.4. The molecule has 5 aromatic rings. The number of rotatable bonds is 9. The van der Waals surface area contributed by atoms with E-state index in [4.69, 9.17) is 4.74 Å². The van der Waals surface area contributed by atoms with Crippen LogP contribution in [0.5, 0.6) is 11.5 Å². The predicted molar refractivity (Wildman–Crippen MR) is 163 cm³/mol. The zero-order chi connectivity index (χ0) is 31.0. The van der Waals surface area contributed by atoms with E-state index in [0.717, 1.165) is 12.8 Å². The lowest BCUT2D eigenvalue weighted by Crippen LogP contribution is -2.27. The molecule has 1 saturated carbocycles. The third kappa shape index (κ3) is 6.42. The third-order valence-electron chi connectivity index (χ3n) is 7.06. The van der Waals surface area contributed by atoms with E-state index in [1.165, 1.54) is 54.9 Å². The smallest absolute Gasteiger partial charge is 0.228 e. The summed E-state index contributed by atoms with van der Waals surface area (Å²) >= 11 is 0. The van der Waals surface area contributed by atoms with Crippen molar-refractivity contribution < 1.29 is 23.4 Å². The number of benzene rings is 2. The maximum atomic E-state index is 15.2. The van der Waals surface area contributed by atoms with Crippen molar-refractivity contribution in [2.24, 2.45) is 5.92 Å². The van der Waals surface area contributed by atoms with Crippen molar-refractivity contribution in [3.8, 4) is 22.6 Å². The molecule has 0 atom stereocenters. The monoisotopic (exact) mass is 597 g/mol. The minimum Gasteiger partial charge on any atom is -0.454 e. The molecule has 1 fully saturated rings. The summed E-state index contributed by atoms with van der Waals surface area (Å²) in [5.41, 5.74) is 0.118. The number of nitrogens with one attached hydrogen (secondary N) is 2. The number of fused-ring (bicyclic) bond motifs is 1. The second-order valence-corrected chi connectivity index (χ2v) is 11.4. The van der Waals surface area contributed by atoms with Gasteiger partial charge in [-0.2, -0.15) is 0 Å². The number of hydrogen-bond donors (Lipinski definition) is 3. The molecule has 6 rings (SSSR count). The number of carbonyl (C=O) groups excluding carboxylic acids is 1. The molecule has 1 aliphatic rings. The molecule has 3 N–H and O–H groups in total. The van der Waals surface area contributed by atoms with Gasteiger partial charge in [0.05, 0.1) is 23.0 Å². The molecule has 0 aliphatic heterocycles. The Labute approximate surface area is 251 Å². The van der Waals surface area contributed by atoms with Crippen LogP contribution in [0.1, 0.15) is 26.7 Å². The van der Waals surface area contributed by atoms with Crippen LogP contribution in [0.4, 0.5) is 26.1 Å². The largest absolute Gasteiger partial charge is 0.454 e. The molecule has 0 saturated heterocycles. The molecule has 2 aromatic carbocycles. The molecule has 0 radical (unpaired) electrons. The molecule has 3 heterocycles. The number of ether oxygens (including phenoxy) is 1. The highest BCUT2D eigenvalue weighted by Gasteiger charge is 2.30. The first-order chi connectivity index (χ1) is 21.0. The van der Waals surface area contributed by atoms with Crippen molar-refractivity contribution in [2.45, 2.75) is 38.8 Å². The van der Waals surface area contributed by atoms with Gasteiger partial charge in [-0.3, -0.25) is 9.59 Å². The molecular weight excluding hydrogens is 568 g/mol. The van der Waals surface area contributed by atoms with E-state index in [-0.39, 0.29) is 46.3 Å². The molecule has 3 aromatic heterocycles. The molecule has 224 valence electrons. The van der Waals surface area contributed by atoms with E-state index in [1.807, 2.05) is 0 Å². The Morgan fingerprint density at radius 1 is 1.05 bits per heavy atom. The van der Waals surface area contributed by atoms with Crippen molar-refractivity contribution in [3.63, 3.8) is 0 Å². The SMILES string of the molecule is CC(C)(O)Cn1cc(-c2ccc(F)cc2)c(=O)c2c(Nc3ccc(Oc4ccnc(NC(=O)C5CC5)c4)c(F)c3)nccc21. The first-order valence-electron chi connectivity index (χ1n) is 14.1. The molecule has 1 aliphatic carbocycles. The Morgan fingerprint density at radius 2 is 1.80 bits per heavy atom. The molecule has 0 spiro atoms. The normalized spacial score (nSPS) is 13.1. The van der Waals surface area contributed by atoms with E-state index in [9.17, 15) is 19.1 Å². The van der Waals surface area contributed by atoms with Crippen LogP contribution in [0.3, 0.4) is 0 Å². The van der Waals surface area contributed by atoms with Gasteiger partial charge in [-0.15, -0.1) is 0 Å². The number of amides is 1. The van der Waals surface area contributed by atoms with Crippen LogP contribution in [-0.4, -0.2) is 31.1 Å². The first kappa shape index (κ1) is 28.9. The lowest BCUT2D eigenvalue weighted by atomic mass is 10.0. The highest BCUT2D eigenvalue weighted by Crippen LogP contribution is 2.32. The van der Waals surface area contributed by atoms with E-state index in [0.29, 0.717) is 28.3 Å². The van der Waals surface area contributed by atoms with Gasteiger partial charge >= 0.3 is 0 Å². The summed E-state index contributed by atoms with van der Waals surface area (Å²) in [6.45, 7) is 3.46. The lowest BCUT2D eigenvalue weighted by Gasteiger charge is -2.22. The van der Waals surface area contributed by atoms with Crippen molar-refractivity contribution >= 4 is 34.1 Å². The number of aromatic nitrogens is 3. The van der Waals surface area contributed by atoms with Crippen LogP contribution in [0.2, 0.25) is 0 Å². The quantitative estimate of drug-likeness (QED) is 0.180. The Kier molecular flexibility index (Phi) is 7.56. The number of aliphatic hydroxyl groups is 1. The van der Waals surface area contributed by atoms with Crippen LogP contribution in [0.15, 0.2) is 84.0 Å². The van der Waals surface area contributed by atoms with Gasteiger partial charge in [0.1, 0.15) is 23.2 Å². The van der Waals surface area contributed by atoms with Gasteiger partial charge in [-0.05, 0) is 68.7 Å². The zero-order valence-corrected chi connectivity index (χ0v) is 24.0. The zero-order valence-electron chi connectivity index (χ0n) is 24.0. The topological polar surface area (TPSA) is 118 Å². The molecule has 1 amide bonds. The van der Waals surface area contributed by atoms with Crippen LogP contribution in [-0.2, 0) is 11.3 Å². The molecule has 11 heteroatoms. The molecule has 9 nitrogen and oxygen atoms in total. The summed E-state index contributed by atoms with van der Waals surface area (Å²) in [6, 6.07) is 14.5. The van der Waals surface area contributed by atoms with E-state index < -0.39 is 17.2 Å². The van der Waals surface area contributed by atoms with Crippen molar-refractivity contribution in [2.75, 3.05) is 10.6 Å². The van der Waals surface area contributed by atoms with Gasteiger partial charge in [-0.25, -0.2) is 18.7 Å². The molecule has 0 bridgehead atoms. The number of pyridine rings is 3. The fourth-order valence-corrected chi connectivity index (χ4v) is 4.85. The first-order valence-corrected chi connectivity index (χ1v) is 14.1. The minimum absolute atomic E-state index is 0.00832. The summed E-state index contributed by atoms with van der Waals surface area (Å²) < 4.78 is 36.3. The molecule has 44 heavy (non-hydrogen) atoms. The van der Waals surface area contributed by atoms with Gasteiger partial charge in [0, 0.05) is 47.9 Å². The molecule has 0 unspecified atom stereocenters. The number of nitrogens with zero attached hydrogens (tertiary/aromatic N) is 3. The van der Waals surface area contributed by atoms with Crippen molar-refractivity contribution in [1.82, 2.24) is 14.5 Å². The van der Waals surface area contributed by atoms with Crippen LogP contribution < -0.4 is 20.8 Å². The standard InChI is InChI=1S/C33H29F2N5O4/c1-33(2,43)18-40-17-24(19-5-7-21(34)8-6-19)30(41)29-26(40)12-14-37-31(29)38-22-9-10-27(25(35)15-22)44-23-11-13-36-28(16-23)39-32(42)20-3-4-20/h5-17,20,43H,3-4,18H2,1-2H3,(H,37,38)(H,36,39,42). The Morgan fingerprint density at radius 3 is 2.50 bits per heavy atom. The highest BCUT2D eigenvalue weighted by molar-refractivity contribution is 5.94. The van der Waals surface area contributed by atoms with Crippen molar-refractivity contribution in [1.29, 1.82) is 0 Å². The van der Waals surface area contributed by atoms with E-state index in [1.54, 1.807) is 42.8 Å². The summed E-state index contributed by atoms with van der Waals surface area (Å²) in [5.74, 6) is -0.476. The summed E-state index contributed by atoms with van der Waals surface area (Å²) in [5, 5.41) is 16.6. The van der Waals surface area contributed by atoms with Gasteiger partial charge in [0.15, 0.2) is 11.6 Å². The van der Waals surface area contributed by atoms with E-state index in [2.05, 4.69) is 20.6 Å². The predicted octanol–water partition coefficient (Wildman–Crippen LogP) is 6.39. The minimum atomic E-state index is -1.11. The van der Waals surface area contributed by atoms with Gasteiger partial charge in [-0.1, -0.05) is 12.1 Å². The summed E-state index contributed by atoms with van der Waals surface area (Å²) in [6.07, 6.45) is 6.32.